The Kier molecular flexibility index (Phi) is 4.49. The number of aromatic nitrogens is 1. The van der Waals surface area contributed by atoms with E-state index in [0.29, 0.717) is 4.99 Å². The van der Waals surface area contributed by atoms with Crippen LogP contribution in [0.15, 0.2) is 18.3 Å². The minimum atomic E-state index is 0.282. The van der Waals surface area contributed by atoms with Crippen LogP contribution in [0.3, 0.4) is 0 Å². The molecule has 1 fully saturated rings. The van der Waals surface area contributed by atoms with Gasteiger partial charge in [-0.15, -0.1) is 0 Å². The Morgan fingerprint density at radius 1 is 1.61 bits per heavy atom. The standard InChI is InChI=1S/C13H19N3OS/c1-16(9-10-5-2-3-8-17-10)13-11(12(14)18)6-4-7-15-13/h4,6-7,10H,2-3,5,8-9H2,1H3,(H2,14,18). The molecule has 5 heteroatoms. The maximum Gasteiger partial charge on any atom is 0.138 e. The van der Waals surface area contributed by atoms with Crippen LogP contribution in [0.2, 0.25) is 0 Å². The summed E-state index contributed by atoms with van der Waals surface area (Å²) >= 11 is 5.05. The minimum absolute atomic E-state index is 0.282. The van der Waals surface area contributed by atoms with Crippen LogP contribution in [-0.4, -0.2) is 36.3 Å². The molecular weight excluding hydrogens is 246 g/mol. The van der Waals surface area contributed by atoms with Crippen molar-refractivity contribution in [3.8, 4) is 0 Å². The third-order valence-electron chi connectivity index (χ3n) is 3.17. The maximum atomic E-state index is 5.74. The second-order valence-electron chi connectivity index (χ2n) is 4.61. The predicted molar refractivity (Wildman–Crippen MR) is 77.0 cm³/mol. The molecule has 0 bridgehead atoms. The normalized spacial score (nSPS) is 19.5. The van der Waals surface area contributed by atoms with Gasteiger partial charge in [-0.3, -0.25) is 0 Å². The van der Waals surface area contributed by atoms with E-state index in [4.69, 9.17) is 22.7 Å². The molecule has 0 aromatic carbocycles. The van der Waals surface area contributed by atoms with Gasteiger partial charge in [-0.05, 0) is 31.4 Å². The number of ether oxygens (including phenoxy) is 1. The zero-order chi connectivity index (χ0) is 13.0. The quantitative estimate of drug-likeness (QED) is 0.840. The summed E-state index contributed by atoms with van der Waals surface area (Å²) in [5, 5.41) is 0. The summed E-state index contributed by atoms with van der Waals surface area (Å²) in [6.07, 6.45) is 5.56. The molecule has 2 N–H and O–H groups in total. The highest BCUT2D eigenvalue weighted by molar-refractivity contribution is 7.80. The molecule has 1 atom stereocenters. The smallest absolute Gasteiger partial charge is 0.138 e. The molecular formula is C13H19N3OS. The summed E-state index contributed by atoms with van der Waals surface area (Å²) in [6.45, 7) is 1.69. The Bertz CT molecular complexity index is 418. The Balaban J connectivity index is 2.08. The molecule has 0 saturated carbocycles. The average molecular weight is 265 g/mol. The van der Waals surface area contributed by atoms with Gasteiger partial charge in [-0.25, -0.2) is 4.98 Å². The Labute approximate surface area is 113 Å². The van der Waals surface area contributed by atoms with Gasteiger partial charge in [0.25, 0.3) is 0 Å². The van der Waals surface area contributed by atoms with E-state index in [1.54, 1.807) is 6.20 Å². The predicted octanol–water partition coefficient (Wildman–Crippen LogP) is 1.72. The van der Waals surface area contributed by atoms with E-state index in [2.05, 4.69) is 9.88 Å². The van der Waals surface area contributed by atoms with E-state index in [1.165, 1.54) is 12.8 Å². The van der Waals surface area contributed by atoms with Gasteiger partial charge in [0.1, 0.15) is 10.8 Å². The lowest BCUT2D eigenvalue weighted by atomic mass is 10.1. The van der Waals surface area contributed by atoms with Crippen molar-refractivity contribution in [2.45, 2.75) is 25.4 Å². The van der Waals surface area contributed by atoms with Gasteiger partial charge < -0.3 is 15.4 Å². The van der Waals surface area contributed by atoms with Gasteiger partial charge in [0.15, 0.2) is 0 Å². The largest absolute Gasteiger partial charge is 0.389 e. The number of hydrogen-bond acceptors (Lipinski definition) is 4. The van der Waals surface area contributed by atoms with Crippen molar-refractivity contribution in [2.24, 2.45) is 5.73 Å². The molecule has 1 unspecified atom stereocenters. The highest BCUT2D eigenvalue weighted by Gasteiger charge is 2.18. The molecule has 0 spiro atoms. The van der Waals surface area contributed by atoms with Crippen LogP contribution in [0, 0.1) is 0 Å². The van der Waals surface area contributed by atoms with Gasteiger partial charge >= 0.3 is 0 Å². The SMILES string of the molecule is CN(CC1CCCCO1)c1ncccc1C(N)=S. The summed E-state index contributed by atoms with van der Waals surface area (Å²) in [7, 11) is 2.00. The molecule has 2 rings (SSSR count). The Hall–Kier alpha value is -1.20. The van der Waals surface area contributed by atoms with E-state index < -0.39 is 0 Å². The molecule has 1 aromatic heterocycles. The monoisotopic (exact) mass is 265 g/mol. The lowest BCUT2D eigenvalue weighted by Gasteiger charge is -2.28. The highest BCUT2D eigenvalue weighted by Crippen LogP contribution is 2.19. The molecule has 0 radical (unpaired) electrons. The number of nitrogens with two attached hydrogens (primary N) is 1. The van der Waals surface area contributed by atoms with Crippen LogP contribution in [0.4, 0.5) is 5.82 Å². The summed E-state index contributed by atoms with van der Waals surface area (Å²) in [5.41, 5.74) is 6.54. The number of hydrogen-bond donors (Lipinski definition) is 1. The second kappa shape index (κ2) is 6.11. The summed E-state index contributed by atoms with van der Waals surface area (Å²) < 4.78 is 5.74. The third-order valence-corrected chi connectivity index (χ3v) is 3.39. The summed E-state index contributed by atoms with van der Waals surface area (Å²) in [5.74, 6) is 0.833. The fraction of sp³-hybridized carbons (Fsp3) is 0.538. The fourth-order valence-electron chi connectivity index (χ4n) is 2.24. The fourth-order valence-corrected chi connectivity index (χ4v) is 2.40. The van der Waals surface area contributed by atoms with Crippen molar-refractivity contribution in [2.75, 3.05) is 25.1 Å². The number of nitrogens with zero attached hydrogens (tertiary/aromatic N) is 2. The minimum Gasteiger partial charge on any atom is -0.389 e. The van der Waals surface area contributed by atoms with Crippen LogP contribution < -0.4 is 10.6 Å². The van der Waals surface area contributed by atoms with E-state index in [0.717, 1.165) is 31.0 Å². The van der Waals surface area contributed by atoms with E-state index in [1.807, 2.05) is 19.2 Å². The molecule has 1 aromatic rings. The first-order valence-corrected chi connectivity index (χ1v) is 6.67. The van der Waals surface area contributed by atoms with E-state index >= 15 is 0 Å². The molecule has 98 valence electrons. The zero-order valence-electron chi connectivity index (χ0n) is 10.6. The van der Waals surface area contributed by atoms with Gasteiger partial charge in [0.2, 0.25) is 0 Å². The number of anilines is 1. The lowest BCUT2D eigenvalue weighted by molar-refractivity contribution is 0.0215. The number of rotatable bonds is 4. The highest BCUT2D eigenvalue weighted by atomic mass is 32.1. The van der Waals surface area contributed by atoms with Crippen molar-refractivity contribution in [3.05, 3.63) is 23.9 Å². The molecule has 0 aliphatic carbocycles. The number of likely N-dealkylation sites (N-methyl/N-ethyl adjacent to an activating group) is 1. The second-order valence-corrected chi connectivity index (χ2v) is 5.05. The molecule has 4 nitrogen and oxygen atoms in total. The third kappa shape index (κ3) is 3.17. The summed E-state index contributed by atoms with van der Waals surface area (Å²) in [4.78, 5) is 6.83. The molecule has 0 amide bonds. The Morgan fingerprint density at radius 3 is 3.11 bits per heavy atom. The van der Waals surface area contributed by atoms with Gasteiger partial charge in [-0.2, -0.15) is 0 Å². The van der Waals surface area contributed by atoms with Crippen LogP contribution in [0.25, 0.3) is 0 Å². The van der Waals surface area contributed by atoms with Crippen LogP contribution in [0.1, 0.15) is 24.8 Å². The van der Waals surface area contributed by atoms with Crippen LogP contribution in [0.5, 0.6) is 0 Å². The zero-order valence-corrected chi connectivity index (χ0v) is 11.4. The first-order valence-electron chi connectivity index (χ1n) is 6.26. The molecule has 1 saturated heterocycles. The van der Waals surface area contributed by atoms with Crippen LogP contribution in [-0.2, 0) is 4.74 Å². The van der Waals surface area contributed by atoms with Gasteiger partial charge in [0, 0.05) is 26.4 Å². The molecule has 1 aliphatic rings. The van der Waals surface area contributed by atoms with E-state index in [-0.39, 0.29) is 6.10 Å². The van der Waals surface area contributed by atoms with Gasteiger partial charge in [-0.1, -0.05) is 12.2 Å². The van der Waals surface area contributed by atoms with Gasteiger partial charge in [0.05, 0.1) is 11.7 Å². The average Bonchev–Trinajstić information content (AvgIpc) is 2.40. The van der Waals surface area contributed by atoms with Crippen molar-refractivity contribution in [3.63, 3.8) is 0 Å². The van der Waals surface area contributed by atoms with E-state index in [9.17, 15) is 0 Å². The molecule has 18 heavy (non-hydrogen) atoms. The number of thiocarbonyl (C=S) groups is 1. The maximum absolute atomic E-state index is 5.74. The molecule has 1 aliphatic heterocycles. The van der Waals surface area contributed by atoms with Crippen molar-refractivity contribution < 1.29 is 4.74 Å². The lowest BCUT2D eigenvalue weighted by Crippen LogP contribution is -2.34. The van der Waals surface area contributed by atoms with Crippen LogP contribution >= 0.6 is 12.2 Å². The Morgan fingerprint density at radius 2 is 2.44 bits per heavy atom. The van der Waals surface area contributed by atoms with Crippen molar-refractivity contribution in [1.82, 2.24) is 4.98 Å². The first-order chi connectivity index (χ1) is 8.68. The summed E-state index contributed by atoms with van der Waals surface area (Å²) in [6, 6.07) is 3.76. The number of pyridine rings is 1. The van der Waals surface area contributed by atoms with Crippen molar-refractivity contribution in [1.29, 1.82) is 0 Å². The first kappa shape index (κ1) is 13.2. The van der Waals surface area contributed by atoms with Crippen molar-refractivity contribution >= 4 is 23.0 Å². The topological polar surface area (TPSA) is 51.4 Å². The molecule has 2 heterocycles.